The summed E-state index contributed by atoms with van der Waals surface area (Å²) in [5, 5.41) is 11.1. The average Bonchev–Trinajstić information content (AvgIpc) is 3.34. The molecule has 2 fully saturated rings. The Labute approximate surface area is 249 Å². The fourth-order valence-electron chi connectivity index (χ4n) is 8.61. The maximum atomic E-state index is 13.8. The van der Waals surface area contributed by atoms with E-state index >= 15 is 0 Å². The van der Waals surface area contributed by atoms with Gasteiger partial charge in [0.2, 0.25) is 0 Å². The second-order valence-corrected chi connectivity index (χ2v) is 13.0. The van der Waals surface area contributed by atoms with Crippen molar-refractivity contribution in [2.24, 2.45) is 11.8 Å². The standard InChI is InChI=1S/C37H40N2O3/c1-25(2)24-39(34(41)18-13-26-9-5-3-6-10-26)30-15-14-29-31-23-28-32(40)16-17-33-35(28)37(29,36(30)42-33)20-22-38(31)21-19-27-11-7-4-8-12-27/h3-12,16-17,25,29-31,36,40H,14-15,19-24H2,1-2H3/t29-,30-,31+,36-,37-/m0/s1. The number of carbonyl (C=O) groups excluding carboxylic acids is 1. The van der Waals surface area contributed by atoms with Gasteiger partial charge in [0, 0.05) is 47.2 Å². The molecule has 3 aromatic carbocycles. The van der Waals surface area contributed by atoms with Gasteiger partial charge in [0.15, 0.2) is 0 Å². The van der Waals surface area contributed by atoms with Crippen molar-refractivity contribution in [3.05, 3.63) is 95.1 Å². The fraction of sp³-hybridized carbons (Fsp3) is 0.432. The summed E-state index contributed by atoms with van der Waals surface area (Å²) < 4.78 is 6.91. The van der Waals surface area contributed by atoms with Crippen LogP contribution >= 0.6 is 0 Å². The van der Waals surface area contributed by atoms with Crippen LogP contribution in [0.3, 0.4) is 0 Å². The first-order chi connectivity index (χ1) is 20.5. The highest BCUT2D eigenvalue weighted by Gasteiger charge is 2.66. The summed E-state index contributed by atoms with van der Waals surface area (Å²) in [7, 11) is 0. The van der Waals surface area contributed by atoms with Gasteiger partial charge in [-0.05, 0) is 80.3 Å². The molecule has 0 unspecified atom stereocenters. The zero-order valence-corrected chi connectivity index (χ0v) is 24.6. The van der Waals surface area contributed by atoms with Crippen LogP contribution in [-0.4, -0.2) is 58.6 Å². The van der Waals surface area contributed by atoms with Gasteiger partial charge in [-0.25, -0.2) is 0 Å². The van der Waals surface area contributed by atoms with Gasteiger partial charge >= 0.3 is 0 Å². The predicted octanol–water partition coefficient (Wildman–Crippen LogP) is 5.58. The average molecular weight is 561 g/mol. The van der Waals surface area contributed by atoms with Gasteiger partial charge in [0.25, 0.3) is 5.91 Å². The summed E-state index contributed by atoms with van der Waals surface area (Å²) in [6.45, 7) is 6.99. The highest BCUT2D eigenvalue weighted by atomic mass is 16.5. The Morgan fingerprint density at radius 3 is 2.60 bits per heavy atom. The van der Waals surface area contributed by atoms with Gasteiger partial charge in [-0.3, -0.25) is 9.69 Å². The summed E-state index contributed by atoms with van der Waals surface area (Å²) in [5.41, 5.74) is 4.31. The molecule has 3 aromatic rings. The molecule has 0 radical (unpaired) electrons. The molecule has 5 atom stereocenters. The van der Waals surface area contributed by atoms with Crippen molar-refractivity contribution in [1.82, 2.24) is 9.80 Å². The minimum Gasteiger partial charge on any atom is -0.508 e. The lowest BCUT2D eigenvalue weighted by Crippen LogP contribution is -2.69. The maximum Gasteiger partial charge on any atom is 0.299 e. The molecular weight excluding hydrogens is 520 g/mol. The lowest BCUT2D eigenvalue weighted by atomic mass is 9.50. The van der Waals surface area contributed by atoms with Gasteiger partial charge in [-0.15, -0.1) is 0 Å². The summed E-state index contributed by atoms with van der Waals surface area (Å²) in [5.74, 6) is 8.00. The number of rotatable bonds is 6. The highest BCUT2D eigenvalue weighted by molar-refractivity contribution is 5.94. The van der Waals surface area contributed by atoms with Crippen molar-refractivity contribution in [2.45, 2.75) is 69.6 Å². The van der Waals surface area contributed by atoms with Crippen molar-refractivity contribution in [2.75, 3.05) is 19.6 Å². The zero-order valence-electron chi connectivity index (χ0n) is 24.6. The van der Waals surface area contributed by atoms with Crippen LogP contribution in [0.1, 0.15) is 55.4 Å². The quantitative estimate of drug-likeness (QED) is 0.400. The van der Waals surface area contributed by atoms with E-state index in [2.05, 4.69) is 60.9 Å². The van der Waals surface area contributed by atoms with E-state index < -0.39 is 0 Å². The van der Waals surface area contributed by atoms with Crippen LogP contribution in [0.4, 0.5) is 0 Å². The number of phenolic OH excluding ortho intramolecular Hbond substituents is 1. The molecule has 216 valence electrons. The van der Waals surface area contributed by atoms with Crippen molar-refractivity contribution in [1.29, 1.82) is 0 Å². The van der Waals surface area contributed by atoms with E-state index in [-0.39, 0.29) is 23.5 Å². The van der Waals surface area contributed by atoms with Crippen LogP contribution in [0, 0.1) is 23.7 Å². The summed E-state index contributed by atoms with van der Waals surface area (Å²) in [6.07, 6.45) is 4.67. The highest BCUT2D eigenvalue weighted by Crippen LogP contribution is 2.63. The van der Waals surface area contributed by atoms with E-state index in [9.17, 15) is 9.90 Å². The normalized spacial score (nSPS) is 27.0. The van der Waals surface area contributed by atoms with E-state index in [1.807, 2.05) is 47.4 Å². The number of phenols is 1. The molecule has 1 spiro atoms. The lowest BCUT2D eigenvalue weighted by molar-refractivity contribution is -0.137. The van der Waals surface area contributed by atoms with Crippen molar-refractivity contribution >= 4 is 5.91 Å². The second-order valence-electron chi connectivity index (χ2n) is 13.0. The van der Waals surface area contributed by atoms with Gasteiger partial charge in [-0.1, -0.05) is 68.3 Å². The summed E-state index contributed by atoms with van der Waals surface area (Å²) in [4.78, 5) is 18.5. The van der Waals surface area contributed by atoms with Crippen molar-refractivity contribution < 1.29 is 14.6 Å². The van der Waals surface area contributed by atoms with Crippen molar-refractivity contribution in [3.8, 4) is 23.3 Å². The molecule has 4 aliphatic rings. The molecule has 0 aromatic heterocycles. The second kappa shape index (κ2) is 10.8. The number of amides is 1. The lowest BCUT2D eigenvalue weighted by Gasteiger charge is -2.60. The van der Waals surface area contributed by atoms with Gasteiger partial charge in [-0.2, -0.15) is 0 Å². The van der Waals surface area contributed by atoms with Crippen molar-refractivity contribution in [3.63, 3.8) is 0 Å². The van der Waals surface area contributed by atoms with Crippen LogP contribution in [0.5, 0.6) is 11.5 Å². The Bertz CT molecular complexity index is 1530. The number of benzene rings is 3. The predicted molar refractivity (Wildman–Crippen MR) is 164 cm³/mol. The largest absolute Gasteiger partial charge is 0.508 e. The monoisotopic (exact) mass is 560 g/mol. The molecule has 5 nitrogen and oxygen atoms in total. The van der Waals surface area contributed by atoms with Gasteiger partial charge in [0.1, 0.15) is 17.6 Å². The van der Waals surface area contributed by atoms with Crippen LogP contribution in [0.25, 0.3) is 0 Å². The minimum atomic E-state index is -0.194. The first-order valence-corrected chi connectivity index (χ1v) is 15.6. The number of piperidine rings is 1. The Balaban J connectivity index is 1.23. The first kappa shape index (κ1) is 27.1. The van der Waals surface area contributed by atoms with E-state index in [1.165, 1.54) is 11.1 Å². The molecule has 1 saturated carbocycles. The van der Waals surface area contributed by atoms with E-state index in [1.54, 1.807) is 0 Å². The molecule has 1 N–H and O–H groups in total. The molecular formula is C37H40N2O3. The minimum absolute atomic E-state index is 0.0572. The van der Waals surface area contributed by atoms with Crippen LogP contribution < -0.4 is 4.74 Å². The number of aromatic hydroxyl groups is 1. The number of hydrogen-bond donors (Lipinski definition) is 1. The van der Waals surface area contributed by atoms with E-state index in [0.29, 0.717) is 30.2 Å². The van der Waals surface area contributed by atoms with Gasteiger partial charge in [0.05, 0.1) is 6.04 Å². The molecule has 1 saturated heterocycles. The number of carbonyl (C=O) groups is 1. The number of ether oxygens (including phenoxy) is 1. The number of likely N-dealkylation sites (tertiary alicyclic amines) is 1. The first-order valence-electron chi connectivity index (χ1n) is 15.6. The third kappa shape index (κ3) is 4.48. The molecule has 5 heteroatoms. The Kier molecular flexibility index (Phi) is 6.98. The van der Waals surface area contributed by atoms with Crippen LogP contribution in [-0.2, 0) is 23.1 Å². The molecule has 2 heterocycles. The molecule has 2 aliphatic heterocycles. The fourth-order valence-corrected chi connectivity index (χ4v) is 8.61. The molecule has 2 bridgehead atoms. The smallest absolute Gasteiger partial charge is 0.299 e. The third-order valence-electron chi connectivity index (χ3n) is 10.3. The maximum absolute atomic E-state index is 13.8. The van der Waals surface area contributed by atoms with E-state index in [4.69, 9.17) is 4.74 Å². The third-order valence-corrected chi connectivity index (χ3v) is 10.3. The number of nitrogens with zero attached hydrogens (tertiary/aromatic N) is 2. The Morgan fingerprint density at radius 1 is 1.07 bits per heavy atom. The number of hydrogen-bond acceptors (Lipinski definition) is 4. The Hall–Kier alpha value is -3.75. The molecule has 7 rings (SSSR count). The topological polar surface area (TPSA) is 53.0 Å². The molecule has 1 amide bonds. The summed E-state index contributed by atoms with van der Waals surface area (Å²) in [6, 6.07) is 24.5. The molecule has 2 aliphatic carbocycles. The van der Waals surface area contributed by atoms with Gasteiger partial charge < -0.3 is 14.7 Å². The Morgan fingerprint density at radius 2 is 1.83 bits per heavy atom. The van der Waals surface area contributed by atoms with Crippen LogP contribution in [0.15, 0.2) is 72.8 Å². The van der Waals surface area contributed by atoms with E-state index in [0.717, 1.165) is 62.1 Å². The van der Waals surface area contributed by atoms with Crippen LogP contribution in [0.2, 0.25) is 0 Å². The SMILES string of the molecule is CC(C)CN(C(=O)C#Cc1ccccc1)[C@H]1CC[C@H]2[C@H]3Cc4c(O)ccc5c4[C@@]2(CCN3CCc2ccccc2)[C@H]1O5. The summed E-state index contributed by atoms with van der Waals surface area (Å²) >= 11 is 0. The molecule has 42 heavy (non-hydrogen) atoms. The zero-order chi connectivity index (χ0) is 28.8.